The molecule has 0 aliphatic heterocycles. The molecule has 0 saturated heterocycles. The zero-order chi connectivity index (χ0) is 28.5. The van der Waals surface area contributed by atoms with E-state index in [9.17, 15) is 18.3 Å². The number of hydrogen-bond donors (Lipinski definition) is 2. The minimum absolute atomic E-state index is 0.109. The molecule has 0 saturated carbocycles. The summed E-state index contributed by atoms with van der Waals surface area (Å²) in [5, 5.41) is 14.1. The van der Waals surface area contributed by atoms with Crippen molar-refractivity contribution in [1.29, 1.82) is 0 Å². The van der Waals surface area contributed by atoms with Gasteiger partial charge < -0.3 is 19.9 Å². The number of esters is 1. The second-order valence-electron chi connectivity index (χ2n) is 8.99. The van der Waals surface area contributed by atoms with Gasteiger partial charge in [-0.1, -0.05) is 41.9 Å². The molecule has 0 bridgehead atoms. The van der Waals surface area contributed by atoms with Gasteiger partial charge in [0.1, 0.15) is 11.5 Å². The normalized spacial score (nSPS) is 12.1. The molecule has 7 nitrogen and oxygen atoms in total. The average molecular weight is 580 g/mol. The zero-order valence-corrected chi connectivity index (χ0v) is 23.5. The van der Waals surface area contributed by atoms with Crippen molar-refractivity contribution in [3.8, 4) is 11.5 Å². The Morgan fingerprint density at radius 1 is 0.900 bits per heavy atom. The van der Waals surface area contributed by atoms with Gasteiger partial charge in [-0.15, -0.1) is 0 Å². The van der Waals surface area contributed by atoms with Crippen LogP contribution in [0.25, 0.3) is 0 Å². The molecule has 0 aliphatic rings. The number of benzene rings is 4. The van der Waals surface area contributed by atoms with Gasteiger partial charge in [-0.25, -0.2) is 13.2 Å². The van der Waals surface area contributed by atoms with Crippen LogP contribution in [0.3, 0.4) is 0 Å². The van der Waals surface area contributed by atoms with Gasteiger partial charge in [0, 0.05) is 11.6 Å². The van der Waals surface area contributed by atoms with Crippen LogP contribution in [0.1, 0.15) is 34.5 Å². The maximum Gasteiger partial charge on any atom is 0.338 e. The average Bonchev–Trinajstić information content (AvgIpc) is 2.96. The fourth-order valence-electron chi connectivity index (χ4n) is 3.99. The molecule has 0 radical (unpaired) electrons. The standard InChI is InChI=1S/C31H30ClNO6S/c1-2-38-31(35)23-11-13-26(14-12-23)39-27-7-4-8-29(20-27)40(36,37)28-15-9-22(10-16-28)17-18-33-21-30(34)24-5-3-6-25(32)19-24/h3-16,19-20,30,33-34H,2,17-18,21H2,1H3/t30-/m0/s1. The van der Waals surface area contributed by atoms with E-state index in [0.717, 1.165) is 11.1 Å². The predicted molar refractivity (Wildman–Crippen MR) is 154 cm³/mol. The molecule has 0 heterocycles. The molecule has 0 amide bonds. The number of carbonyl (C=O) groups excluding carboxylic acids is 1. The monoisotopic (exact) mass is 579 g/mol. The minimum atomic E-state index is -3.77. The van der Waals surface area contributed by atoms with Crippen molar-refractivity contribution in [3.63, 3.8) is 0 Å². The number of hydrogen-bond acceptors (Lipinski definition) is 7. The highest BCUT2D eigenvalue weighted by molar-refractivity contribution is 7.91. The summed E-state index contributed by atoms with van der Waals surface area (Å²) in [5.41, 5.74) is 2.11. The van der Waals surface area contributed by atoms with Gasteiger partial charge in [0.2, 0.25) is 9.84 Å². The SMILES string of the molecule is CCOC(=O)c1ccc(Oc2cccc(S(=O)(=O)c3ccc(CCNC[C@H](O)c4cccc(Cl)c4)cc3)c2)cc1. The van der Waals surface area contributed by atoms with Crippen molar-refractivity contribution >= 4 is 27.4 Å². The third-order valence-corrected chi connectivity index (χ3v) is 8.11. The second-order valence-corrected chi connectivity index (χ2v) is 11.4. The van der Waals surface area contributed by atoms with E-state index < -0.39 is 21.9 Å². The van der Waals surface area contributed by atoms with E-state index in [1.165, 1.54) is 12.1 Å². The van der Waals surface area contributed by atoms with E-state index in [1.54, 1.807) is 85.8 Å². The van der Waals surface area contributed by atoms with Crippen LogP contribution in [0.15, 0.2) is 107 Å². The summed E-state index contributed by atoms with van der Waals surface area (Å²) in [6.07, 6.45) is -0.00383. The first-order chi connectivity index (χ1) is 19.3. The summed E-state index contributed by atoms with van der Waals surface area (Å²) in [7, 11) is -3.77. The van der Waals surface area contributed by atoms with E-state index in [4.69, 9.17) is 21.1 Å². The Hall–Kier alpha value is -3.69. The molecule has 4 aromatic carbocycles. The van der Waals surface area contributed by atoms with Crippen molar-refractivity contribution in [2.75, 3.05) is 19.7 Å². The van der Waals surface area contributed by atoms with Gasteiger partial charge in [-0.2, -0.15) is 0 Å². The molecule has 1 atom stereocenters. The lowest BCUT2D eigenvalue weighted by Crippen LogP contribution is -2.23. The van der Waals surface area contributed by atoms with E-state index in [0.29, 0.717) is 41.6 Å². The quantitative estimate of drug-likeness (QED) is 0.157. The number of rotatable bonds is 12. The number of aliphatic hydroxyl groups is 1. The summed E-state index contributed by atoms with van der Waals surface area (Å²) in [6.45, 7) is 3.02. The van der Waals surface area contributed by atoms with E-state index in [-0.39, 0.29) is 16.4 Å². The van der Waals surface area contributed by atoms with Crippen molar-refractivity contribution < 1.29 is 27.8 Å². The first kappa shape index (κ1) is 29.3. The lowest BCUT2D eigenvalue weighted by molar-refractivity contribution is 0.0526. The largest absolute Gasteiger partial charge is 0.462 e. The Labute approximate surface area is 239 Å². The lowest BCUT2D eigenvalue weighted by Gasteiger charge is -2.13. The summed E-state index contributed by atoms with van der Waals surface area (Å²) < 4.78 is 37.3. The highest BCUT2D eigenvalue weighted by Crippen LogP contribution is 2.28. The van der Waals surface area contributed by atoms with Crippen molar-refractivity contribution in [2.24, 2.45) is 0 Å². The molecule has 40 heavy (non-hydrogen) atoms. The molecule has 4 rings (SSSR count). The molecule has 208 valence electrons. The van der Waals surface area contributed by atoms with Crippen LogP contribution in [0.2, 0.25) is 5.02 Å². The minimum Gasteiger partial charge on any atom is -0.462 e. The molecular formula is C31H30ClNO6S. The molecule has 4 aromatic rings. The van der Waals surface area contributed by atoms with E-state index in [2.05, 4.69) is 5.32 Å². The van der Waals surface area contributed by atoms with E-state index >= 15 is 0 Å². The molecule has 0 spiro atoms. The molecule has 0 fully saturated rings. The number of carbonyl (C=O) groups is 1. The van der Waals surface area contributed by atoms with Gasteiger partial charge in [0.05, 0.1) is 28.1 Å². The Kier molecular flexibility index (Phi) is 9.95. The van der Waals surface area contributed by atoms with Crippen molar-refractivity contribution in [3.05, 3.63) is 119 Å². The summed E-state index contributed by atoms with van der Waals surface area (Å²) in [6, 6.07) is 26.6. The Morgan fingerprint density at radius 2 is 1.62 bits per heavy atom. The molecule has 0 aliphatic carbocycles. The van der Waals surface area contributed by atoms with Crippen LogP contribution in [0, 0.1) is 0 Å². The van der Waals surface area contributed by atoms with Crippen LogP contribution in [0.5, 0.6) is 11.5 Å². The van der Waals surface area contributed by atoms with Gasteiger partial charge >= 0.3 is 5.97 Å². The third-order valence-electron chi connectivity index (χ3n) is 6.11. The highest BCUT2D eigenvalue weighted by Gasteiger charge is 2.18. The fourth-order valence-corrected chi connectivity index (χ4v) is 5.48. The zero-order valence-electron chi connectivity index (χ0n) is 21.9. The number of aliphatic hydroxyl groups excluding tert-OH is 1. The Balaban J connectivity index is 1.34. The fraction of sp³-hybridized carbons (Fsp3) is 0.194. The van der Waals surface area contributed by atoms with Crippen molar-refractivity contribution in [2.45, 2.75) is 29.2 Å². The number of nitrogens with one attached hydrogen (secondary N) is 1. The number of ether oxygens (including phenoxy) is 2. The van der Waals surface area contributed by atoms with Gasteiger partial charge in [-0.05, 0) is 97.7 Å². The maximum atomic E-state index is 13.3. The third kappa shape index (κ3) is 7.70. The van der Waals surface area contributed by atoms with Gasteiger partial charge in [-0.3, -0.25) is 0 Å². The molecule has 9 heteroatoms. The summed E-state index contributed by atoms with van der Waals surface area (Å²) >= 11 is 5.98. The second kappa shape index (κ2) is 13.6. The van der Waals surface area contributed by atoms with Crippen molar-refractivity contribution in [1.82, 2.24) is 5.32 Å². The van der Waals surface area contributed by atoms with Crippen LogP contribution >= 0.6 is 11.6 Å². The summed E-state index contributed by atoms with van der Waals surface area (Å²) in [5.74, 6) is 0.394. The van der Waals surface area contributed by atoms with Crippen LogP contribution in [-0.4, -0.2) is 39.2 Å². The van der Waals surface area contributed by atoms with Crippen LogP contribution < -0.4 is 10.1 Å². The molecular weight excluding hydrogens is 550 g/mol. The predicted octanol–water partition coefficient (Wildman–Crippen LogP) is 6.01. The molecule has 2 N–H and O–H groups in total. The number of sulfone groups is 1. The maximum absolute atomic E-state index is 13.3. The number of halogens is 1. The summed E-state index contributed by atoms with van der Waals surface area (Å²) in [4.78, 5) is 12.1. The van der Waals surface area contributed by atoms with Crippen LogP contribution in [0.4, 0.5) is 0 Å². The Bertz CT molecular complexity index is 1540. The van der Waals surface area contributed by atoms with Gasteiger partial charge in [0.15, 0.2) is 0 Å². The topological polar surface area (TPSA) is 102 Å². The Morgan fingerprint density at radius 3 is 2.33 bits per heavy atom. The van der Waals surface area contributed by atoms with Gasteiger partial charge in [0.25, 0.3) is 0 Å². The lowest BCUT2D eigenvalue weighted by atomic mass is 10.1. The molecule has 0 unspecified atom stereocenters. The van der Waals surface area contributed by atoms with E-state index in [1.807, 2.05) is 6.07 Å². The smallest absolute Gasteiger partial charge is 0.338 e. The highest BCUT2D eigenvalue weighted by atomic mass is 35.5. The van der Waals surface area contributed by atoms with Crippen LogP contribution in [-0.2, 0) is 21.0 Å². The molecule has 0 aromatic heterocycles. The first-order valence-corrected chi connectivity index (χ1v) is 14.7. The first-order valence-electron chi connectivity index (χ1n) is 12.8.